The van der Waals surface area contributed by atoms with Gasteiger partial charge in [0.2, 0.25) is 0 Å². The lowest BCUT2D eigenvalue weighted by Crippen LogP contribution is -2.28. The maximum atomic E-state index is 12.9. The van der Waals surface area contributed by atoms with Crippen molar-refractivity contribution in [3.05, 3.63) is 58.1 Å². The molecule has 0 heterocycles. The summed E-state index contributed by atoms with van der Waals surface area (Å²) in [5.41, 5.74) is 0.0884. The number of carboxylic acids is 1. The average Bonchev–Trinajstić information content (AvgIpc) is 2.60. The monoisotopic (exact) mass is 441 g/mol. The van der Waals surface area contributed by atoms with Crippen LogP contribution >= 0.6 is 15.9 Å². The van der Waals surface area contributed by atoms with E-state index in [0.717, 1.165) is 4.31 Å². The highest BCUT2D eigenvalue weighted by Gasteiger charge is 2.27. The zero-order valence-corrected chi connectivity index (χ0v) is 16.4. The average molecular weight is 442 g/mol. The summed E-state index contributed by atoms with van der Waals surface area (Å²) in [4.78, 5) is 23.0. The van der Waals surface area contributed by atoms with E-state index in [1.807, 2.05) is 0 Å². The van der Waals surface area contributed by atoms with Gasteiger partial charge in [0.05, 0.1) is 23.4 Å². The molecule has 2 aromatic carbocycles. The van der Waals surface area contributed by atoms with Crippen LogP contribution in [0.4, 0.5) is 5.69 Å². The zero-order valence-electron chi connectivity index (χ0n) is 14.0. The van der Waals surface area contributed by atoms with Crippen molar-refractivity contribution in [2.45, 2.75) is 11.8 Å². The van der Waals surface area contributed by atoms with Crippen LogP contribution in [-0.2, 0) is 14.8 Å². The Bertz CT molecular complexity index is 957. The lowest BCUT2D eigenvalue weighted by molar-refractivity contribution is 0.0525. The molecule has 26 heavy (non-hydrogen) atoms. The Morgan fingerprint density at radius 2 is 1.85 bits per heavy atom. The van der Waals surface area contributed by atoms with Gasteiger partial charge in [-0.15, -0.1) is 0 Å². The summed E-state index contributed by atoms with van der Waals surface area (Å²) in [6, 6.07) is 9.74. The van der Waals surface area contributed by atoms with Crippen molar-refractivity contribution in [2.75, 3.05) is 18.0 Å². The minimum atomic E-state index is -4.06. The summed E-state index contributed by atoms with van der Waals surface area (Å²) in [5, 5.41) is 9.27. The Balaban J connectivity index is 2.48. The largest absolute Gasteiger partial charge is 0.478 e. The van der Waals surface area contributed by atoms with Gasteiger partial charge >= 0.3 is 11.9 Å². The summed E-state index contributed by atoms with van der Waals surface area (Å²) < 4.78 is 31.8. The second-order valence-corrected chi connectivity index (χ2v) is 7.95. The summed E-state index contributed by atoms with van der Waals surface area (Å²) in [7, 11) is -2.80. The van der Waals surface area contributed by atoms with Crippen LogP contribution in [0.25, 0.3) is 0 Å². The number of carboxylic acid groups (broad SMARTS) is 1. The van der Waals surface area contributed by atoms with Crippen LogP contribution in [-0.4, -0.2) is 39.1 Å². The molecule has 0 radical (unpaired) electrons. The molecule has 0 aliphatic heterocycles. The lowest BCUT2D eigenvalue weighted by atomic mass is 10.2. The van der Waals surface area contributed by atoms with Gasteiger partial charge in [-0.25, -0.2) is 18.0 Å². The van der Waals surface area contributed by atoms with E-state index in [0.29, 0.717) is 0 Å². The topological polar surface area (TPSA) is 101 Å². The molecule has 0 amide bonds. The molecule has 0 aromatic heterocycles. The summed E-state index contributed by atoms with van der Waals surface area (Å²) in [6.45, 7) is 1.87. The predicted octanol–water partition coefficient (Wildman–Crippen LogP) is 3.15. The third kappa shape index (κ3) is 3.88. The molecule has 9 heteroatoms. The number of anilines is 1. The highest BCUT2D eigenvalue weighted by atomic mass is 79.9. The maximum Gasteiger partial charge on any atom is 0.338 e. The number of hydrogen-bond acceptors (Lipinski definition) is 5. The molecule has 0 aliphatic carbocycles. The van der Waals surface area contributed by atoms with Gasteiger partial charge in [-0.2, -0.15) is 0 Å². The van der Waals surface area contributed by atoms with Gasteiger partial charge in [0.25, 0.3) is 10.0 Å². The number of ether oxygens (including phenoxy) is 1. The molecule has 0 atom stereocenters. The van der Waals surface area contributed by atoms with E-state index in [2.05, 4.69) is 15.9 Å². The standard InChI is InChI=1S/C17H16BrNO6S/c1-3-25-17(22)11-8-9-15(13(18)10-11)26(23,24)19(2)14-7-5-4-6-12(14)16(20)21/h4-10H,3H2,1-2H3,(H,20,21). The smallest absolute Gasteiger partial charge is 0.338 e. The third-order valence-corrected chi connectivity index (χ3v) is 6.30. The maximum absolute atomic E-state index is 12.9. The van der Waals surface area contributed by atoms with Gasteiger partial charge in [-0.1, -0.05) is 12.1 Å². The molecule has 0 spiro atoms. The molecule has 1 N–H and O–H groups in total. The number of sulfonamides is 1. The molecule has 0 saturated heterocycles. The first-order chi connectivity index (χ1) is 12.2. The number of esters is 1. The predicted molar refractivity (Wildman–Crippen MR) is 99.1 cm³/mol. The normalized spacial score (nSPS) is 11.0. The fourth-order valence-electron chi connectivity index (χ4n) is 2.26. The van der Waals surface area contributed by atoms with E-state index in [1.54, 1.807) is 13.0 Å². The summed E-state index contributed by atoms with van der Waals surface area (Å²) >= 11 is 3.16. The number of hydrogen-bond donors (Lipinski definition) is 1. The Kier molecular flexibility index (Phi) is 6.04. The highest BCUT2D eigenvalue weighted by Crippen LogP contribution is 2.30. The molecule has 0 aliphatic rings. The second kappa shape index (κ2) is 7.88. The van der Waals surface area contributed by atoms with Crippen molar-refractivity contribution >= 4 is 43.6 Å². The first-order valence-corrected chi connectivity index (χ1v) is 9.71. The van der Waals surface area contributed by atoms with E-state index in [-0.39, 0.29) is 32.8 Å². The lowest BCUT2D eigenvalue weighted by Gasteiger charge is -2.22. The van der Waals surface area contributed by atoms with Gasteiger partial charge in [0.15, 0.2) is 0 Å². The molecule has 0 saturated carbocycles. The van der Waals surface area contributed by atoms with E-state index in [1.165, 1.54) is 43.4 Å². The van der Waals surface area contributed by atoms with Gasteiger partial charge in [-0.3, -0.25) is 4.31 Å². The molecule has 138 valence electrons. The number of carbonyl (C=O) groups excluding carboxylic acids is 1. The van der Waals surface area contributed by atoms with Crippen molar-refractivity contribution in [3.63, 3.8) is 0 Å². The molecule has 7 nitrogen and oxygen atoms in total. The summed E-state index contributed by atoms with van der Waals surface area (Å²) in [6.07, 6.45) is 0. The van der Waals surface area contributed by atoms with Crippen LogP contribution in [0.5, 0.6) is 0 Å². The quantitative estimate of drug-likeness (QED) is 0.690. The highest BCUT2D eigenvalue weighted by molar-refractivity contribution is 9.10. The number of carbonyl (C=O) groups is 2. The van der Waals surface area contributed by atoms with Crippen molar-refractivity contribution in [2.24, 2.45) is 0 Å². The van der Waals surface area contributed by atoms with Crippen molar-refractivity contribution in [1.29, 1.82) is 0 Å². The third-order valence-electron chi connectivity index (χ3n) is 3.56. The molecule has 2 rings (SSSR count). The Morgan fingerprint density at radius 3 is 2.42 bits per heavy atom. The first-order valence-electron chi connectivity index (χ1n) is 7.48. The van der Waals surface area contributed by atoms with Gasteiger partial charge < -0.3 is 9.84 Å². The van der Waals surface area contributed by atoms with Crippen LogP contribution in [0.3, 0.4) is 0 Å². The summed E-state index contributed by atoms with van der Waals surface area (Å²) in [5.74, 6) is -1.80. The zero-order chi connectivity index (χ0) is 19.5. The fraction of sp³-hybridized carbons (Fsp3) is 0.176. The number of rotatable bonds is 6. The van der Waals surface area contributed by atoms with Crippen LogP contribution in [0, 0.1) is 0 Å². The Hall–Kier alpha value is -2.39. The number of halogens is 1. The number of para-hydroxylation sites is 1. The number of nitrogens with zero attached hydrogens (tertiary/aromatic N) is 1. The number of benzene rings is 2. The van der Waals surface area contributed by atoms with Gasteiger partial charge in [0.1, 0.15) is 4.90 Å². The fourth-order valence-corrected chi connectivity index (χ4v) is 4.51. The van der Waals surface area contributed by atoms with Crippen molar-refractivity contribution in [3.8, 4) is 0 Å². The van der Waals surface area contributed by atoms with Crippen LogP contribution < -0.4 is 4.31 Å². The number of aromatic carboxylic acids is 1. The molecule has 0 unspecified atom stereocenters. The minimum absolute atomic E-state index is 0.0290. The Morgan fingerprint density at radius 1 is 1.19 bits per heavy atom. The second-order valence-electron chi connectivity index (χ2n) is 5.16. The van der Waals surface area contributed by atoms with Crippen molar-refractivity contribution < 1.29 is 27.9 Å². The van der Waals surface area contributed by atoms with Crippen LogP contribution in [0.2, 0.25) is 0 Å². The molecular formula is C17H16BrNO6S. The van der Waals surface area contributed by atoms with E-state index < -0.39 is 22.0 Å². The Labute approximate surface area is 159 Å². The van der Waals surface area contributed by atoms with E-state index in [9.17, 15) is 23.1 Å². The molecule has 2 aromatic rings. The SMILES string of the molecule is CCOC(=O)c1ccc(S(=O)(=O)N(C)c2ccccc2C(=O)O)c(Br)c1. The minimum Gasteiger partial charge on any atom is -0.478 e. The molecule has 0 fully saturated rings. The molecule has 0 bridgehead atoms. The first kappa shape index (κ1) is 19.9. The molecular weight excluding hydrogens is 426 g/mol. The van der Waals surface area contributed by atoms with Crippen LogP contribution in [0.15, 0.2) is 51.8 Å². The van der Waals surface area contributed by atoms with Crippen molar-refractivity contribution in [1.82, 2.24) is 0 Å². The van der Waals surface area contributed by atoms with E-state index in [4.69, 9.17) is 4.74 Å². The van der Waals surface area contributed by atoms with E-state index >= 15 is 0 Å². The van der Waals surface area contributed by atoms with Gasteiger partial charge in [-0.05, 0) is 53.2 Å². The van der Waals surface area contributed by atoms with Gasteiger partial charge in [0, 0.05) is 11.5 Å². The van der Waals surface area contributed by atoms with Crippen LogP contribution in [0.1, 0.15) is 27.6 Å².